The quantitative estimate of drug-likeness (QED) is 0.673. The summed E-state index contributed by atoms with van der Waals surface area (Å²) in [4.78, 5) is 10.8. The van der Waals surface area contributed by atoms with E-state index in [9.17, 15) is 4.79 Å². The lowest BCUT2D eigenvalue weighted by molar-refractivity contribution is 0.109. The topological polar surface area (TPSA) is 30.2 Å². The largest absolute Gasteiger partial charge is 0.461 e. The van der Waals surface area contributed by atoms with Crippen LogP contribution >= 0.6 is 0 Å². The van der Waals surface area contributed by atoms with Crippen LogP contribution in [-0.2, 0) is 5.41 Å². The third kappa shape index (κ3) is 1.49. The van der Waals surface area contributed by atoms with Crippen LogP contribution in [0.4, 0.5) is 0 Å². The van der Waals surface area contributed by atoms with Gasteiger partial charge in [0.2, 0.25) is 0 Å². The van der Waals surface area contributed by atoms with Gasteiger partial charge in [0.1, 0.15) is 0 Å². The zero-order valence-electron chi connectivity index (χ0n) is 8.58. The molecule has 2 nitrogen and oxygen atoms in total. The fraction of sp³-hybridized carbons (Fsp3) is 0.583. The molecule has 76 valence electrons. The van der Waals surface area contributed by atoms with Crippen molar-refractivity contribution in [1.82, 2.24) is 0 Å². The fourth-order valence-corrected chi connectivity index (χ4v) is 2.51. The third-order valence-electron chi connectivity index (χ3n) is 3.41. The van der Waals surface area contributed by atoms with E-state index in [1.165, 1.54) is 32.1 Å². The molecule has 0 spiro atoms. The lowest BCUT2D eigenvalue weighted by Crippen LogP contribution is -2.25. The van der Waals surface area contributed by atoms with Crippen LogP contribution in [0.3, 0.4) is 0 Å². The molecular formula is C12H16O2. The van der Waals surface area contributed by atoms with Gasteiger partial charge in [-0.05, 0) is 24.3 Å². The average Bonchev–Trinajstić information content (AvgIpc) is 2.67. The average molecular weight is 192 g/mol. The summed E-state index contributed by atoms with van der Waals surface area (Å²) in [6, 6.07) is 1.95. The molecule has 1 aromatic rings. The molecule has 1 saturated carbocycles. The number of carbonyl (C=O) groups excluding carboxylic acids is 1. The smallest absolute Gasteiger partial charge is 0.185 e. The summed E-state index contributed by atoms with van der Waals surface area (Å²) in [6.07, 6.45) is 8.65. The van der Waals surface area contributed by atoms with Gasteiger partial charge in [-0.3, -0.25) is 4.79 Å². The molecule has 0 bridgehead atoms. The van der Waals surface area contributed by atoms with Crippen molar-refractivity contribution in [1.29, 1.82) is 0 Å². The molecule has 0 N–H and O–H groups in total. The Labute approximate surface area is 84.3 Å². The highest BCUT2D eigenvalue weighted by molar-refractivity contribution is 5.73. The van der Waals surface area contributed by atoms with E-state index >= 15 is 0 Å². The predicted octanol–water partition coefficient (Wildman–Crippen LogP) is 3.31. The van der Waals surface area contributed by atoms with Crippen molar-refractivity contribution in [3.8, 4) is 0 Å². The minimum absolute atomic E-state index is 0.168. The Hall–Kier alpha value is -1.05. The van der Waals surface area contributed by atoms with Gasteiger partial charge in [0, 0.05) is 5.56 Å². The first-order valence-corrected chi connectivity index (χ1v) is 5.29. The molecule has 1 aromatic heterocycles. The molecule has 1 heterocycles. The summed E-state index contributed by atoms with van der Waals surface area (Å²) in [5, 5.41) is 0. The minimum atomic E-state index is 0.168. The monoisotopic (exact) mass is 192 g/mol. The van der Waals surface area contributed by atoms with Crippen molar-refractivity contribution >= 4 is 6.29 Å². The van der Waals surface area contributed by atoms with Crippen molar-refractivity contribution < 1.29 is 9.21 Å². The van der Waals surface area contributed by atoms with Crippen LogP contribution in [0.5, 0.6) is 0 Å². The second-order valence-electron chi connectivity index (χ2n) is 4.44. The summed E-state index contributed by atoms with van der Waals surface area (Å²) in [5.74, 6) is 0.523. The number of hydrogen-bond donors (Lipinski definition) is 0. The Kier molecular flexibility index (Phi) is 2.44. The normalized spacial score (nSPS) is 20.6. The maximum absolute atomic E-state index is 10.8. The van der Waals surface area contributed by atoms with Gasteiger partial charge in [-0.2, -0.15) is 0 Å². The summed E-state index contributed by atoms with van der Waals surface area (Å²) >= 11 is 0. The van der Waals surface area contributed by atoms with Crippen molar-refractivity contribution in [2.75, 3.05) is 0 Å². The van der Waals surface area contributed by atoms with E-state index in [4.69, 9.17) is 4.42 Å². The Balaban J connectivity index is 2.31. The fourth-order valence-electron chi connectivity index (χ4n) is 2.51. The van der Waals surface area contributed by atoms with Crippen LogP contribution in [0.1, 0.15) is 55.1 Å². The van der Waals surface area contributed by atoms with Gasteiger partial charge in [0.05, 0.1) is 6.26 Å². The summed E-state index contributed by atoms with van der Waals surface area (Å²) in [5.41, 5.74) is 1.27. The predicted molar refractivity (Wildman–Crippen MR) is 54.5 cm³/mol. The Morgan fingerprint density at radius 3 is 2.71 bits per heavy atom. The number of carbonyl (C=O) groups is 1. The van der Waals surface area contributed by atoms with Crippen LogP contribution in [0.25, 0.3) is 0 Å². The molecule has 2 heteroatoms. The van der Waals surface area contributed by atoms with Crippen LogP contribution in [0.2, 0.25) is 0 Å². The molecule has 0 aromatic carbocycles. The molecule has 1 fully saturated rings. The van der Waals surface area contributed by atoms with E-state index in [2.05, 4.69) is 6.92 Å². The number of furan rings is 1. The third-order valence-corrected chi connectivity index (χ3v) is 3.41. The lowest BCUT2D eigenvalue weighted by Gasteiger charge is -2.33. The highest BCUT2D eigenvalue weighted by atomic mass is 16.3. The minimum Gasteiger partial charge on any atom is -0.461 e. The number of aldehydes is 1. The first-order chi connectivity index (χ1) is 6.76. The number of hydrogen-bond acceptors (Lipinski definition) is 2. The summed E-state index contributed by atoms with van der Waals surface area (Å²) in [6.45, 7) is 2.24. The van der Waals surface area contributed by atoms with Gasteiger partial charge in [-0.1, -0.05) is 26.2 Å². The van der Waals surface area contributed by atoms with Crippen LogP contribution in [-0.4, -0.2) is 6.29 Å². The summed E-state index contributed by atoms with van der Waals surface area (Å²) < 4.78 is 5.16. The van der Waals surface area contributed by atoms with Crippen molar-refractivity contribution in [2.24, 2.45) is 0 Å². The van der Waals surface area contributed by atoms with Gasteiger partial charge in [0.15, 0.2) is 12.0 Å². The maximum Gasteiger partial charge on any atom is 0.185 e. The van der Waals surface area contributed by atoms with Gasteiger partial charge in [0.25, 0.3) is 0 Å². The molecule has 14 heavy (non-hydrogen) atoms. The van der Waals surface area contributed by atoms with E-state index in [0.717, 1.165) is 11.8 Å². The maximum atomic E-state index is 10.8. The second-order valence-corrected chi connectivity index (χ2v) is 4.44. The number of rotatable bonds is 2. The van der Waals surface area contributed by atoms with Gasteiger partial charge in [-0.25, -0.2) is 0 Å². The van der Waals surface area contributed by atoms with Crippen molar-refractivity contribution in [3.63, 3.8) is 0 Å². The molecule has 0 amide bonds. The highest BCUT2D eigenvalue weighted by Gasteiger charge is 2.31. The van der Waals surface area contributed by atoms with E-state index in [1.54, 1.807) is 6.26 Å². The summed E-state index contributed by atoms with van der Waals surface area (Å²) in [7, 11) is 0. The van der Waals surface area contributed by atoms with E-state index in [-0.39, 0.29) is 5.41 Å². The zero-order valence-corrected chi connectivity index (χ0v) is 8.58. The first kappa shape index (κ1) is 9.50. The van der Waals surface area contributed by atoms with E-state index in [1.807, 2.05) is 6.07 Å². The second kappa shape index (κ2) is 3.60. The SMILES string of the molecule is CC1(c2ccoc2C=O)CCCCC1. The van der Waals surface area contributed by atoms with Gasteiger partial charge >= 0.3 is 0 Å². The lowest BCUT2D eigenvalue weighted by atomic mass is 9.71. The molecule has 0 atom stereocenters. The first-order valence-electron chi connectivity index (χ1n) is 5.29. The molecule has 1 aliphatic carbocycles. The molecule has 0 unspecified atom stereocenters. The zero-order chi connectivity index (χ0) is 10.0. The van der Waals surface area contributed by atoms with Crippen LogP contribution in [0, 0.1) is 0 Å². The van der Waals surface area contributed by atoms with E-state index < -0.39 is 0 Å². The van der Waals surface area contributed by atoms with Crippen molar-refractivity contribution in [3.05, 3.63) is 23.7 Å². The Bertz CT molecular complexity index is 319. The molecule has 0 saturated heterocycles. The molecular weight excluding hydrogens is 176 g/mol. The van der Waals surface area contributed by atoms with Gasteiger partial charge in [-0.15, -0.1) is 0 Å². The molecule has 0 radical (unpaired) electrons. The van der Waals surface area contributed by atoms with Gasteiger partial charge < -0.3 is 4.42 Å². The van der Waals surface area contributed by atoms with Crippen LogP contribution in [0.15, 0.2) is 16.7 Å². The standard InChI is InChI=1S/C12H16O2/c1-12(6-3-2-4-7-12)10-5-8-14-11(10)9-13/h5,8-9H,2-4,6-7H2,1H3. The van der Waals surface area contributed by atoms with Crippen molar-refractivity contribution in [2.45, 2.75) is 44.4 Å². The molecule has 0 aliphatic heterocycles. The Morgan fingerprint density at radius 2 is 2.07 bits per heavy atom. The molecule has 1 aliphatic rings. The molecule has 2 rings (SSSR count). The highest BCUT2D eigenvalue weighted by Crippen LogP contribution is 2.40. The van der Waals surface area contributed by atoms with Crippen LogP contribution < -0.4 is 0 Å². The Morgan fingerprint density at radius 1 is 1.36 bits per heavy atom. The van der Waals surface area contributed by atoms with E-state index in [0.29, 0.717) is 5.76 Å².